The van der Waals surface area contributed by atoms with Gasteiger partial charge in [-0.05, 0) is 55.9 Å². The summed E-state index contributed by atoms with van der Waals surface area (Å²) in [7, 11) is 0. The molecule has 1 aliphatic rings. The highest BCUT2D eigenvalue weighted by Gasteiger charge is 2.22. The summed E-state index contributed by atoms with van der Waals surface area (Å²) in [5, 5.41) is 21.0. The topological polar surface area (TPSA) is 73.1 Å². The number of aliphatic carboxylic acids is 1. The van der Waals surface area contributed by atoms with Crippen LogP contribution in [-0.2, 0) is 4.79 Å². The molecule has 2 rings (SSSR count). The van der Waals surface area contributed by atoms with E-state index in [4.69, 9.17) is 10.4 Å². The average molecular weight is 258 g/mol. The first-order valence-electron chi connectivity index (χ1n) is 6.66. The Labute approximate surface area is 113 Å². The van der Waals surface area contributed by atoms with Gasteiger partial charge in [0.25, 0.3) is 0 Å². The number of nitriles is 1. The summed E-state index contributed by atoms with van der Waals surface area (Å²) in [5.74, 6) is -0.361. The Balaban J connectivity index is 1.82. The summed E-state index contributed by atoms with van der Waals surface area (Å²) in [5.41, 5.74) is 1.69. The van der Waals surface area contributed by atoms with Crippen LogP contribution in [0.3, 0.4) is 0 Å². The normalized spacial score (nSPS) is 22.5. The molecule has 0 atom stereocenters. The minimum atomic E-state index is -0.691. The van der Waals surface area contributed by atoms with Crippen LogP contribution in [0.5, 0.6) is 0 Å². The number of anilines is 1. The molecule has 1 aliphatic carbocycles. The van der Waals surface area contributed by atoms with Crippen LogP contribution in [0.4, 0.5) is 5.69 Å². The maximum absolute atomic E-state index is 10.7. The highest BCUT2D eigenvalue weighted by molar-refractivity contribution is 5.67. The molecule has 0 amide bonds. The molecule has 4 heteroatoms. The van der Waals surface area contributed by atoms with Crippen LogP contribution in [0, 0.1) is 17.2 Å². The fourth-order valence-corrected chi connectivity index (χ4v) is 2.63. The number of benzene rings is 1. The first kappa shape index (κ1) is 13.4. The van der Waals surface area contributed by atoms with Crippen LogP contribution >= 0.6 is 0 Å². The van der Waals surface area contributed by atoms with Gasteiger partial charge in [-0.2, -0.15) is 5.26 Å². The Kier molecular flexibility index (Phi) is 4.40. The van der Waals surface area contributed by atoms with Gasteiger partial charge in [-0.15, -0.1) is 0 Å². The predicted octanol–water partition coefficient (Wildman–Crippen LogP) is 3.00. The monoisotopic (exact) mass is 258 g/mol. The van der Waals surface area contributed by atoms with Gasteiger partial charge in [-0.1, -0.05) is 0 Å². The third-order valence-electron chi connectivity index (χ3n) is 3.69. The molecule has 19 heavy (non-hydrogen) atoms. The second kappa shape index (κ2) is 6.24. The number of carboxylic acid groups (broad SMARTS) is 1. The van der Waals surface area contributed by atoms with Crippen LogP contribution in [0.15, 0.2) is 24.3 Å². The summed E-state index contributed by atoms with van der Waals surface area (Å²) in [6, 6.07) is 9.96. The summed E-state index contributed by atoms with van der Waals surface area (Å²) in [6.07, 6.45) is 4.26. The minimum Gasteiger partial charge on any atom is -0.481 e. The van der Waals surface area contributed by atoms with E-state index in [0.29, 0.717) is 23.9 Å². The molecule has 0 spiro atoms. The van der Waals surface area contributed by atoms with E-state index in [-0.39, 0.29) is 0 Å². The molecule has 4 nitrogen and oxygen atoms in total. The van der Waals surface area contributed by atoms with Gasteiger partial charge in [0.1, 0.15) is 0 Å². The van der Waals surface area contributed by atoms with Crippen molar-refractivity contribution in [2.45, 2.75) is 38.1 Å². The molecule has 0 saturated heterocycles. The van der Waals surface area contributed by atoms with Crippen molar-refractivity contribution in [2.24, 2.45) is 5.92 Å². The summed E-state index contributed by atoms with van der Waals surface area (Å²) < 4.78 is 0. The molecule has 0 radical (unpaired) electrons. The number of hydrogen-bond acceptors (Lipinski definition) is 3. The van der Waals surface area contributed by atoms with Crippen molar-refractivity contribution in [1.82, 2.24) is 0 Å². The van der Waals surface area contributed by atoms with Crippen LogP contribution in [0.2, 0.25) is 0 Å². The lowest BCUT2D eigenvalue weighted by molar-refractivity contribution is -0.138. The second-order valence-corrected chi connectivity index (χ2v) is 5.15. The van der Waals surface area contributed by atoms with Gasteiger partial charge in [0.05, 0.1) is 11.6 Å². The predicted molar refractivity (Wildman–Crippen MR) is 72.8 cm³/mol. The van der Waals surface area contributed by atoms with Crippen LogP contribution in [0.25, 0.3) is 0 Å². The smallest absolute Gasteiger partial charge is 0.303 e. The maximum Gasteiger partial charge on any atom is 0.303 e. The molecule has 2 N–H and O–H groups in total. The van der Waals surface area contributed by atoms with Gasteiger partial charge < -0.3 is 10.4 Å². The largest absolute Gasteiger partial charge is 0.481 e. The molecular formula is C15H18N2O2. The minimum absolute atomic E-state index is 0.295. The first-order valence-corrected chi connectivity index (χ1v) is 6.66. The van der Waals surface area contributed by atoms with E-state index in [1.54, 1.807) is 12.1 Å². The summed E-state index contributed by atoms with van der Waals surface area (Å²) >= 11 is 0. The van der Waals surface area contributed by atoms with Gasteiger partial charge >= 0.3 is 5.97 Å². The average Bonchev–Trinajstić information content (AvgIpc) is 2.41. The van der Waals surface area contributed by atoms with E-state index in [0.717, 1.165) is 31.4 Å². The Morgan fingerprint density at radius 3 is 2.42 bits per heavy atom. The Morgan fingerprint density at radius 1 is 1.26 bits per heavy atom. The Bertz CT molecular complexity index is 468. The third-order valence-corrected chi connectivity index (χ3v) is 3.69. The fourth-order valence-electron chi connectivity index (χ4n) is 2.63. The van der Waals surface area contributed by atoms with Crippen LogP contribution < -0.4 is 5.32 Å². The highest BCUT2D eigenvalue weighted by atomic mass is 16.4. The maximum atomic E-state index is 10.7. The molecule has 1 saturated carbocycles. The van der Waals surface area contributed by atoms with Crippen molar-refractivity contribution in [3.8, 4) is 6.07 Å². The van der Waals surface area contributed by atoms with E-state index in [1.165, 1.54) is 0 Å². The van der Waals surface area contributed by atoms with Crippen molar-refractivity contribution in [1.29, 1.82) is 5.26 Å². The Hall–Kier alpha value is -2.02. The van der Waals surface area contributed by atoms with Crippen molar-refractivity contribution in [3.63, 3.8) is 0 Å². The molecule has 0 heterocycles. The van der Waals surface area contributed by atoms with Gasteiger partial charge in [-0.3, -0.25) is 4.79 Å². The molecule has 1 aromatic carbocycles. The second-order valence-electron chi connectivity index (χ2n) is 5.15. The van der Waals surface area contributed by atoms with E-state index >= 15 is 0 Å². The van der Waals surface area contributed by atoms with Crippen molar-refractivity contribution < 1.29 is 9.90 Å². The van der Waals surface area contributed by atoms with E-state index in [2.05, 4.69) is 11.4 Å². The van der Waals surface area contributed by atoms with Crippen LogP contribution in [0.1, 0.15) is 37.7 Å². The molecule has 0 aliphatic heterocycles. The Morgan fingerprint density at radius 2 is 1.89 bits per heavy atom. The third kappa shape index (κ3) is 3.99. The molecule has 1 aromatic rings. The molecular weight excluding hydrogens is 240 g/mol. The van der Waals surface area contributed by atoms with Gasteiger partial charge in [0.15, 0.2) is 0 Å². The fraction of sp³-hybridized carbons (Fsp3) is 0.467. The molecule has 1 fully saturated rings. The van der Waals surface area contributed by atoms with E-state index < -0.39 is 5.97 Å². The molecule has 0 unspecified atom stereocenters. The number of nitrogens with zero attached hydrogens (tertiary/aromatic N) is 1. The quantitative estimate of drug-likeness (QED) is 0.870. The zero-order valence-electron chi connectivity index (χ0n) is 10.8. The lowest BCUT2D eigenvalue weighted by Crippen LogP contribution is -2.27. The summed E-state index contributed by atoms with van der Waals surface area (Å²) in [4.78, 5) is 10.7. The number of hydrogen-bond donors (Lipinski definition) is 2. The van der Waals surface area contributed by atoms with Crippen LogP contribution in [-0.4, -0.2) is 17.1 Å². The van der Waals surface area contributed by atoms with E-state index in [1.807, 2.05) is 12.1 Å². The van der Waals surface area contributed by atoms with E-state index in [9.17, 15) is 4.79 Å². The number of carbonyl (C=O) groups is 1. The standard InChI is InChI=1S/C15H18N2O2/c16-10-12-3-7-14(8-4-12)17-13-5-1-11(2-6-13)9-15(18)19/h3-4,7-8,11,13,17H,1-2,5-6,9H2,(H,18,19). The van der Waals surface area contributed by atoms with Crippen molar-refractivity contribution in [2.75, 3.05) is 5.32 Å². The first-order chi connectivity index (χ1) is 9.17. The molecule has 0 bridgehead atoms. The summed E-state index contributed by atoms with van der Waals surface area (Å²) in [6.45, 7) is 0. The van der Waals surface area contributed by atoms with Gasteiger partial charge in [-0.25, -0.2) is 0 Å². The molecule has 100 valence electrons. The van der Waals surface area contributed by atoms with Crippen molar-refractivity contribution >= 4 is 11.7 Å². The lowest BCUT2D eigenvalue weighted by Gasteiger charge is -2.29. The number of nitrogens with one attached hydrogen (secondary N) is 1. The SMILES string of the molecule is N#Cc1ccc(NC2CCC(CC(=O)O)CC2)cc1. The number of carboxylic acids is 1. The molecule has 0 aromatic heterocycles. The van der Waals surface area contributed by atoms with Gasteiger partial charge in [0, 0.05) is 18.2 Å². The zero-order chi connectivity index (χ0) is 13.7. The zero-order valence-corrected chi connectivity index (χ0v) is 10.8. The highest BCUT2D eigenvalue weighted by Crippen LogP contribution is 2.28. The van der Waals surface area contributed by atoms with Gasteiger partial charge in [0.2, 0.25) is 0 Å². The number of rotatable bonds is 4. The lowest BCUT2D eigenvalue weighted by atomic mass is 9.84. The van der Waals surface area contributed by atoms with Crippen molar-refractivity contribution in [3.05, 3.63) is 29.8 Å².